The zero-order chi connectivity index (χ0) is 22.6. The second-order valence-corrected chi connectivity index (χ2v) is 8.43. The normalized spacial score (nSPS) is 12.6. The van der Waals surface area contributed by atoms with Gasteiger partial charge in [-0.25, -0.2) is 14.5 Å². The summed E-state index contributed by atoms with van der Waals surface area (Å²) in [4.78, 5) is 37.0. The van der Waals surface area contributed by atoms with E-state index in [1.807, 2.05) is 48.5 Å². The average Bonchev–Trinajstić information content (AvgIpc) is 3.02. The minimum absolute atomic E-state index is 0.0606. The van der Waals surface area contributed by atoms with E-state index in [0.717, 1.165) is 27.2 Å². The van der Waals surface area contributed by atoms with Crippen LogP contribution in [-0.2, 0) is 14.3 Å². The molecule has 2 aromatic carbocycles. The number of fused-ring (bicyclic) bond motifs is 3. The summed E-state index contributed by atoms with van der Waals surface area (Å²) in [5.41, 5.74) is 3.53. The van der Waals surface area contributed by atoms with Gasteiger partial charge in [-0.2, -0.15) is 0 Å². The summed E-state index contributed by atoms with van der Waals surface area (Å²) < 4.78 is 10.8. The summed E-state index contributed by atoms with van der Waals surface area (Å²) in [7, 11) is 0. The summed E-state index contributed by atoms with van der Waals surface area (Å²) in [6.07, 6.45) is -1.76. The summed E-state index contributed by atoms with van der Waals surface area (Å²) in [5.74, 6) is -1.15. The Kier molecular flexibility index (Phi) is 6.63. The van der Waals surface area contributed by atoms with Crippen LogP contribution in [0.5, 0.6) is 0 Å². The lowest BCUT2D eigenvalue weighted by molar-refractivity contribution is -0.137. The second-order valence-electron chi connectivity index (χ2n) is 8.43. The Labute approximate surface area is 181 Å². The molecule has 0 aliphatic heterocycles. The lowest BCUT2D eigenvalue weighted by Gasteiger charge is -2.26. The lowest BCUT2D eigenvalue weighted by Crippen LogP contribution is -2.42. The minimum Gasteiger partial charge on any atom is -0.481 e. The molecular formula is C24H27NO6. The highest BCUT2D eigenvalue weighted by atomic mass is 16.6. The SMILES string of the molecule is CC(C)(C)OC(=O)N(CCCC(=O)O)C(=O)OCC1c2ccccc2-c2ccccc21. The first-order valence-electron chi connectivity index (χ1n) is 10.2. The van der Waals surface area contributed by atoms with Crippen molar-refractivity contribution in [2.75, 3.05) is 13.2 Å². The molecular weight excluding hydrogens is 398 g/mol. The van der Waals surface area contributed by atoms with E-state index in [9.17, 15) is 14.4 Å². The standard InChI is InChI=1S/C24H27NO6/c1-24(2,3)31-23(29)25(14-8-13-21(26)27)22(28)30-15-20-18-11-6-4-9-16(18)17-10-5-7-12-19(17)20/h4-7,9-12,20H,8,13-15H2,1-3H3,(H,26,27). The van der Waals surface area contributed by atoms with E-state index in [2.05, 4.69) is 0 Å². The van der Waals surface area contributed by atoms with Crippen LogP contribution in [0.3, 0.4) is 0 Å². The zero-order valence-electron chi connectivity index (χ0n) is 18.0. The number of amides is 2. The van der Waals surface area contributed by atoms with E-state index in [4.69, 9.17) is 14.6 Å². The van der Waals surface area contributed by atoms with Crippen LogP contribution in [0.25, 0.3) is 11.1 Å². The molecule has 3 rings (SSSR count). The van der Waals surface area contributed by atoms with E-state index in [0.29, 0.717) is 0 Å². The first-order valence-corrected chi connectivity index (χ1v) is 10.2. The number of carboxylic acid groups (broad SMARTS) is 1. The predicted octanol–water partition coefficient (Wildman–Crippen LogP) is 5.04. The van der Waals surface area contributed by atoms with Gasteiger partial charge in [-0.05, 0) is 49.4 Å². The molecule has 164 valence electrons. The maximum absolute atomic E-state index is 12.8. The molecule has 0 spiro atoms. The van der Waals surface area contributed by atoms with Crippen molar-refractivity contribution >= 4 is 18.2 Å². The van der Waals surface area contributed by atoms with Crippen molar-refractivity contribution in [3.05, 3.63) is 59.7 Å². The van der Waals surface area contributed by atoms with Crippen LogP contribution in [0.2, 0.25) is 0 Å². The molecule has 7 heteroatoms. The quantitative estimate of drug-likeness (QED) is 0.697. The van der Waals surface area contributed by atoms with Crippen molar-refractivity contribution < 1.29 is 29.0 Å². The second kappa shape index (κ2) is 9.20. The van der Waals surface area contributed by atoms with Crippen molar-refractivity contribution in [3.8, 4) is 11.1 Å². The highest BCUT2D eigenvalue weighted by Crippen LogP contribution is 2.44. The molecule has 0 saturated heterocycles. The molecule has 31 heavy (non-hydrogen) atoms. The van der Waals surface area contributed by atoms with Gasteiger partial charge in [0.25, 0.3) is 0 Å². The topological polar surface area (TPSA) is 93.1 Å². The molecule has 0 unspecified atom stereocenters. The van der Waals surface area contributed by atoms with Gasteiger partial charge in [-0.15, -0.1) is 0 Å². The number of aliphatic carboxylic acids is 1. The summed E-state index contributed by atoms with van der Waals surface area (Å²) in [6.45, 7) is 5.04. The van der Waals surface area contributed by atoms with Gasteiger partial charge in [0.15, 0.2) is 0 Å². The molecule has 1 N–H and O–H groups in total. The smallest absolute Gasteiger partial charge is 0.419 e. The van der Waals surface area contributed by atoms with Crippen molar-refractivity contribution in [2.45, 2.75) is 45.1 Å². The molecule has 0 fully saturated rings. The molecule has 0 radical (unpaired) electrons. The number of carbonyl (C=O) groups is 3. The van der Waals surface area contributed by atoms with Crippen molar-refractivity contribution in [2.24, 2.45) is 0 Å². The molecule has 1 aliphatic carbocycles. The Morgan fingerprint density at radius 3 is 2.00 bits per heavy atom. The Hall–Kier alpha value is -3.35. The van der Waals surface area contributed by atoms with E-state index in [-0.39, 0.29) is 31.9 Å². The first kappa shape index (κ1) is 22.3. The van der Waals surface area contributed by atoms with Gasteiger partial charge in [-0.3, -0.25) is 4.79 Å². The molecule has 0 aromatic heterocycles. The van der Waals surface area contributed by atoms with E-state index >= 15 is 0 Å². The van der Waals surface area contributed by atoms with Crippen molar-refractivity contribution in [3.63, 3.8) is 0 Å². The molecule has 0 atom stereocenters. The summed E-state index contributed by atoms with van der Waals surface area (Å²) >= 11 is 0. The Bertz CT molecular complexity index is 933. The predicted molar refractivity (Wildman–Crippen MR) is 115 cm³/mol. The number of rotatable bonds is 6. The highest BCUT2D eigenvalue weighted by Gasteiger charge is 2.32. The van der Waals surface area contributed by atoms with Gasteiger partial charge >= 0.3 is 18.2 Å². The number of ether oxygens (including phenoxy) is 2. The largest absolute Gasteiger partial charge is 0.481 e. The molecule has 2 aromatic rings. The third-order valence-corrected chi connectivity index (χ3v) is 4.94. The Balaban J connectivity index is 1.74. The third-order valence-electron chi connectivity index (χ3n) is 4.94. The number of imide groups is 1. The molecule has 0 saturated carbocycles. The van der Waals surface area contributed by atoms with Gasteiger partial charge < -0.3 is 14.6 Å². The number of hydrogen-bond donors (Lipinski definition) is 1. The van der Waals surface area contributed by atoms with Crippen LogP contribution in [0, 0.1) is 0 Å². The fourth-order valence-corrected chi connectivity index (χ4v) is 3.63. The lowest BCUT2D eigenvalue weighted by atomic mass is 9.98. The van der Waals surface area contributed by atoms with Crippen LogP contribution >= 0.6 is 0 Å². The third kappa shape index (κ3) is 5.42. The van der Waals surface area contributed by atoms with Gasteiger partial charge in [0.2, 0.25) is 0 Å². The number of carbonyl (C=O) groups excluding carboxylic acids is 2. The van der Waals surface area contributed by atoms with Crippen LogP contribution in [0.1, 0.15) is 50.7 Å². The van der Waals surface area contributed by atoms with Gasteiger partial charge in [0, 0.05) is 18.9 Å². The van der Waals surface area contributed by atoms with E-state index in [1.54, 1.807) is 20.8 Å². The van der Waals surface area contributed by atoms with Crippen LogP contribution in [0.15, 0.2) is 48.5 Å². The molecule has 0 heterocycles. The zero-order valence-corrected chi connectivity index (χ0v) is 18.0. The van der Waals surface area contributed by atoms with Crippen LogP contribution in [-0.4, -0.2) is 46.9 Å². The monoisotopic (exact) mass is 425 g/mol. The maximum atomic E-state index is 12.8. The van der Waals surface area contributed by atoms with E-state index < -0.39 is 23.8 Å². The van der Waals surface area contributed by atoms with Crippen LogP contribution in [0.4, 0.5) is 9.59 Å². The average molecular weight is 425 g/mol. The van der Waals surface area contributed by atoms with E-state index in [1.165, 1.54) is 0 Å². The fraction of sp³-hybridized carbons (Fsp3) is 0.375. The van der Waals surface area contributed by atoms with Crippen molar-refractivity contribution in [1.29, 1.82) is 0 Å². The van der Waals surface area contributed by atoms with Gasteiger partial charge in [0.05, 0.1) is 0 Å². The minimum atomic E-state index is -1.00. The number of benzene rings is 2. The van der Waals surface area contributed by atoms with Gasteiger partial charge in [-0.1, -0.05) is 48.5 Å². The van der Waals surface area contributed by atoms with Crippen molar-refractivity contribution in [1.82, 2.24) is 4.90 Å². The first-order chi connectivity index (χ1) is 14.7. The number of hydrogen-bond acceptors (Lipinski definition) is 5. The summed E-state index contributed by atoms with van der Waals surface area (Å²) in [5, 5.41) is 8.87. The maximum Gasteiger partial charge on any atom is 0.419 e. The fourth-order valence-electron chi connectivity index (χ4n) is 3.63. The van der Waals surface area contributed by atoms with Crippen LogP contribution < -0.4 is 0 Å². The molecule has 2 amide bonds. The Morgan fingerprint density at radius 2 is 1.48 bits per heavy atom. The molecule has 0 bridgehead atoms. The molecule has 7 nitrogen and oxygen atoms in total. The molecule has 1 aliphatic rings. The summed E-state index contributed by atoms with van der Waals surface area (Å²) in [6, 6.07) is 15.9. The highest BCUT2D eigenvalue weighted by molar-refractivity contribution is 5.88. The van der Waals surface area contributed by atoms with Gasteiger partial charge in [0.1, 0.15) is 12.2 Å². The number of nitrogens with zero attached hydrogens (tertiary/aromatic N) is 1. The Morgan fingerprint density at radius 1 is 0.935 bits per heavy atom. The number of carboxylic acids is 1.